The summed E-state index contributed by atoms with van der Waals surface area (Å²) in [5, 5.41) is 3.33. The number of nitrogens with one attached hydrogen (secondary N) is 1. The third-order valence-electron chi connectivity index (χ3n) is 2.91. The minimum Gasteiger partial charge on any atom is -0.437 e. The second-order valence-corrected chi connectivity index (χ2v) is 5.17. The lowest BCUT2D eigenvalue weighted by Crippen LogP contribution is -2.06. The van der Waals surface area contributed by atoms with Gasteiger partial charge in [-0.3, -0.25) is 0 Å². The Morgan fingerprint density at radius 3 is 2.76 bits per heavy atom. The summed E-state index contributed by atoms with van der Waals surface area (Å²) in [7, 11) is 1.89. The topological polar surface area (TPSA) is 34.1 Å². The summed E-state index contributed by atoms with van der Waals surface area (Å²) < 4.78 is 18.8. The van der Waals surface area contributed by atoms with Crippen molar-refractivity contribution < 1.29 is 9.13 Å². The Kier molecular flexibility index (Phi) is 5.53. The van der Waals surface area contributed by atoms with Crippen molar-refractivity contribution in [2.75, 3.05) is 7.05 Å². The van der Waals surface area contributed by atoms with Crippen LogP contribution in [0.1, 0.15) is 24.6 Å². The highest BCUT2D eigenvalue weighted by molar-refractivity contribution is 6.32. The molecule has 1 heterocycles. The first kappa shape index (κ1) is 15.7. The molecule has 0 bridgehead atoms. The zero-order chi connectivity index (χ0) is 15.2. The summed E-state index contributed by atoms with van der Waals surface area (Å²) in [6, 6.07) is 7.95. The Morgan fingerprint density at radius 2 is 2.10 bits per heavy atom. The Hall–Kier alpha value is -1.65. The molecule has 21 heavy (non-hydrogen) atoms. The number of ether oxygens (including phenoxy) is 1. The molecule has 0 aliphatic rings. The fraction of sp³-hybridized carbons (Fsp3) is 0.312. The standard InChI is InChI=1S/C16H18ClFN2O/c1-3-4-13-7-11(10-19-2)8-16(20-13)21-15-6-5-12(18)9-14(15)17/h5-9,19H,3-4,10H2,1-2H3. The molecular formula is C16H18ClFN2O. The quantitative estimate of drug-likeness (QED) is 0.862. The average molecular weight is 309 g/mol. The van der Waals surface area contributed by atoms with E-state index in [9.17, 15) is 4.39 Å². The van der Waals surface area contributed by atoms with Crippen LogP contribution in [0.3, 0.4) is 0 Å². The molecule has 0 atom stereocenters. The van der Waals surface area contributed by atoms with Gasteiger partial charge in [-0.2, -0.15) is 0 Å². The summed E-state index contributed by atoms with van der Waals surface area (Å²) >= 11 is 5.98. The van der Waals surface area contributed by atoms with Crippen molar-refractivity contribution in [1.82, 2.24) is 10.3 Å². The highest BCUT2D eigenvalue weighted by Crippen LogP contribution is 2.29. The highest BCUT2D eigenvalue weighted by atomic mass is 35.5. The molecule has 0 amide bonds. The van der Waals surface area contributed by atoms with Gasteiger partial charge in [0.25, 0.3) is 0 Å². The zero-order valence-corrected chi connectivity index (χ0v) is 12.9. The van der Waals surface area contributed by atoms with E-state index in [1.165, 1.54) is 18.2 Å². The Labute approximate surface area is 129 Å². The third-order valence-corrected chi connectivity index (χ3v) is 3.21. The predicted octanol–water partition coefficient (Wildman–Crippen LogP) is 4.34. The van der Waals surface area contributed by atoms with Gasteiger partial charge < -0.3 is 10.1 Å². The molecule has 0 unspecified atom stereocenters. The molecule has 2 aromatic rings. The second kappa shape index (κ2) is 7.38. The molecule has 0 fully saturated rings. The number of nitrogens with zero attached hydrogens (tertiary/aromatic N) is 1. The fourth-order valence-corrected chi connectivity index (χ4v) is 2.24. The smallest absolute Gasteiger partial charge is 0.219 e. The molecule has 112 valence electrons. The molecule has 3 nitrogen and oxygen atoms in total. The van der Waals surface area contributed by atoms with E-state index in [1.807, 2.05) is 13.1 Å². The van der Waals surface area contributed by atoms with Gasteiger partial charge in [0.15, 0.2) is 0 Å². The lowest BCUT2D eigenvalue weighted by Gasteiger charge is -2.10. The number of aryl methyl sites for hydroxylation is 1. The third kappa shape index (κ3) is 4.41. The van der Waals surface area contributed by atoms with Crippen LogP contribution in [0, 0.1) is 5.82 Å². The monoisotopic (exact) mass is 308 g/mol. The van der Waals surface area contributed by atoms with Crippen molar-refractivity contribution in [1.29, 1.82) is 0 Å². The van der Waals surface area contributed by atoms with Crippen LogP contribution in [-0.2, 0) is 13.0 Å². The van der Waals surface area contributed by atoms with Gasteiger partial charge in [0, 0.05) is 18.3 Å². The van der Waals surface area contributed by atoms with Gasteiger partial charge in [0.2, 0.25) is 5.88 Å². The molecule has 0 spiro atoms. The molecule has 2 rings (SSSR count). The SMILES string of the molecule is CCCc1cc(CNC)cc(Oc2ccc(F)cc2Cl)n1. The molecule has 0 aliphatic carbocycles. The lowest BCUT2D eigenvalue weighted by atomic mass is 10.1. The van der Waals surface area contributed by atoms with Crippen molar-refractivity contribution in [2.45, 2.75) is 26.3 Å². The summed E-state index contributed by atoms with van der Waals surface area (Å²) in [5.74, 6) is 0.477. The van der Waals surface area contributed by atoms with Crippen LogP contribution in [0.25, 0.3) is 0 Å². The first-order valence-electron chi connectivity index (χ1n) is 6.89. The van der Waals surface area contributed by atoms with Crippen molar-refractivity contribution in [3.8, 4) is 11.6 Å². The fourth-order valence-electron chi connectivity index (χ4n) is 2.03. The number of hydrogen-bond acceptors (Lipinski definition) is 3. The lowest BCUT2D eigenvalue weighted by molar-refractivity contribution is 0.458. The largest absolute Gasteiger partial charge is 0.437 e. The van der Waals surface area contributed by atoms with Crippen LogP contribution in [0.5, 0.6) is 11.6 Å². The van der Waals surface area contributed by atoms with E-state index in [1.54, 1.807) is 0 Å². The Morgan fingerprint density at radius 1 is 1.29 bits per heavy atom. The summed E-state index contributed by atoms with van der Waals surface area (Å²) in [5.41, 5.74) is 2.06. The number of aromatic nitrogens is 1. The van der Waals surface area contributed by atoms with E-state index >= 15 is 0 Å². The second-order valence-electron chi connectivity index (χ2n) is 4.76. The number of benzene rings is 1. The van der Waals surface area contributed by atoms with Gasteiger partial charge in [0.05, 0.1) is 5.02 Å². The predicted molar refractivity (Wildman–Crippen MR) is 82.5 cm³/mol. The molecule has 1 aromatic carbocycles. The molecule has 0 saturated heterocycles. The average Bonchev–Trinajstić information content (AvgIpc) is 2.42. The highest BCUT2D eigenvalue weighted by Gasteiger charge is 2.08. The van der Waals surface area contributed by atoms with Crippen LogP contribution in [-0.4, -0.2) is 12.0 Å². The molecule has 1 N–H and O–H groups in total. The maximum absolute atomic E-state index is 13.1. The van der Waals surface area contributed by atoms with Gasteiger partial charge in [-0.25, -0.2) is 9.37 Å². The number of pyridine rings is 1. The van der Waals surface area contributed by atoms with E-state index in [-0.39, 0.29) is 5.02 Å². The van der Waals surface area contributed by atoms with Crippen LogP contribution in [0.15, 0.2) is 30.3 Å². The van der Waals surface area contributed by atoms with Crippen LogP contribution >= 0.6 is 11.6 Å². The van der Waals surface area contributed by atoms with E-state index < -0.39 is 5.82 Å². The zero-order valence-electron chi connectivity index (χ0n) is 12.1. The van der Waals surface area contributed by atoms with Crippen LogP contribution < -0.4 is 10.1 Å². The minimum atomic E-state index is -0.393. The maximum Gasteiger partial charge on any atom is 0.219 e. The maximum atomic E-state index is 13.1. The van der Waals surface area contributed by atoms with Gasteiger partial charge >= 0.3 is 0 Å². The van der Waals surface area contributed by atoms with E-state index in [0.717, 1.165) is 30.6 Å². The van der Waals surface area contributed by atoms with E-state index in [0.29, 0.717) is 11.6 Å². The summed E-state index contributed by atoms with van der Waals surface area (Å²) in [6.45, 7) is 2.83. The number of rotatable bonds is 6. The van der Waals surface area contributed by atoms with Crippen molar-refractivity contribution in [3.63, 3.8) is 0 Å². The first-order chi connectivity index (χ1) is 10.1. The summed E-state index contributed by atoms with van der Waals surface area (Å²) in [4.78, 5) is 4.46. The number of halogens is 2. The Bertz CT molecular complexity index is 595. The van der Waals surface area contributed by atoms with Gasteiger partial charge in [-0.15, -0.1) is 0 Å². The normalized spacial score (nSPS) is 10.7. The molecular weight excluding hydrogens is 291 g/mol. The van der Waals surface area contributed by atoms with Crippen LogP contribution in [0.4, 0.5) is 4.39 Å². The van der Waals surface area contributed by atoms with E-state index in [4.69, 9.17) is 16.3 Å². The molecule has 0 aliphatic heterocycles. The Balaban J connectivity index is 2.29. The van der Waals surface area contributed by atoms with Crippen molar-refractivity contribution in [3.05, 3.63) is 52.4 Å². The summed E-state index contributed by atoms with van der Waals surface area (Å²) in [6.07, 6.45) is 1.89. The molecule has 0 saturated carbocycles. The molecule has 1 aromatic heterocycles. The minimum absolute atomic E-state index is 0.230. The van der Waals surface area contributed by atoms with Gasteiger partial charge in [-0.1, -0.05) is 24.9 Å². The molecule has 0 radical (unpaired) electrons. The molecule has 5 heteroatoms. The van der Waals surface area contributed by atoms with Gasteiger partial charge in [0.1, 0.15) is 11.6 Å². The van der Waals surface area contributed by atoms with E-state index in [2.05, 4.69) is 23.3 Å². The first-order valence-corrected chi connectivity index (χ1v) is 7.27. The van der Waals surface area contributed by atoms with Crippen LogP contribution in [0.2, 0.25) is 5.02 Å². The van der Waals surface area contributed by atoms with Gasteiger partial charge in [-0.05, 0) is 43.3 Å². The van der Waals surface area contributed by atoms with Crippen molar-refractivity contribution >= 4 is 11.6 Å². The number of hydrogen-bond donors (Lipinski definition) is 1. The van der Waals surface area contributed by atoms with Crippen molar-refractivity contribution in [2.24, 2.45) is 0 Å².